The van der Waals surface area contributed by atoms with Crippen molar-refractivity contribution in [3.05, 3.63) is 27.8 Å². The summed E-state index contributed by atoms with van der Waals surface area (Å²) in [6.45, 7) is 0.556. The molecule has 0 aliphatic heterocycles. The number of halogens is 1. The summed E-state index contributed by atoms with van der Waals surface area (Å²) in [5.74, 6) is 0.0247. The molecule has 0 spiro atoms. The van der Waals surface area contributed by atoms with Crippen molar-refractivity contribution in [3.63, 3.8) is 0 Å². The zero-order valence-electron chi connectivity index (χ0n) is 7.79. The van der Waals surface area contributed by atoms with Crippen molar-refractivity contribution in [3.8, 4) is 0 Å². The summed E-state index contributed by atoms with van der Waals surface area (Å²) in [5.41, 5.74) is 6.15. The maximum Gasteiger partial charge on any atom is 0.224 e. The molecule has 0 saturated heterocycles. The summed E-state index contributed by atoms with van der Waals surface area (Å²) in [6.07, 6.45) is 1.22. The van der Waals surface area contributed by atoms with Crippen molar-refractivity contribution in [1.82, 2.24) is 0 Å². The van der Waals surface area contributed by atoms with Crippen LogP contribution in [0.4, 0.5) is 5.69 Å². The second-order valence-corrected chi connectivity index (χ2v) is 4.19. The molecule has 0 radical (unpaired) electrons. The highest BCUT2D eigenvalue weighted by molar-refractivity contribution is 14.1. The monoisotopic (exact) mass is 304 g/mol. The van der Waals surface area contributed by atoms with E-state index in [0.29, 0.717) is 13.0 Å². The molecule has 0 aromatic heterocycles. The first-order valence-corrected chi connectivity index (χ1v) is 5.56. The van der Waals surface area contributed by atoms with Crippen molar-refractivity contribution < 1.29 is 4.79 Å². The number of amides is 1. The zero-order valence-corrected chi connectivity index (χ0v) is 9.95. The number of rotatable bonds is 4. The summed E-state index contributed by atoms with van der Waals surface area (Å²) in [7, 11) is 0. The number of hydrogen-bond acceptors (Lipinski definition) is 2. The molecule has 0 bridgehead atoms. The van der Waals surface area contributed by atoms with Crippen molar-refractivity contribution in [2.24, 2.45) is 5.73 Å². The fraction of sp³-hybridized carbons (Fsp3) is 0.300. The van der Waals surface area contributed by atoms with E-state index in [4.69, 9.17) is 5.73 Å². The maximum atomic E-state index is 11.3. The van der Waals surface area contributed by atoms with E-state index in [2.05, 4.69) is 27.9 Å². The number of carbonyl (C=O) groups excluding carboxylic acids is 1. The minimum atomic E-state index is 0.0247. The van der Waals surface area contributed by atoms with Crippen LogP contribution in [0.2, 0.25) is 0 Å². The van der Waals surface area contributed by atoms with Crippen LogP contribution in [-0.4, -0.2) is 12.5 Å². The van der Waals surface area contributed by atoms with Crippen LogP contribution in [0.15, 0.2) is 24.3 Å². The molecule has 0 heterocycles. The molecule has 0 unspecified atom stereocenters. The molecular formula is C10H13IN2O. The quantitative estimate of drug-likeness (QED) is 0.836. The van der Waals surface area contributed by atoms with E-state index in [1.54, 1.807) is 0 Å². The Morgan fingerprint density at radius 1 is 1.36 bits per heavy atom. The molecule has 0 atom stereocenters. The molecule has 0 fully saturated rings. The summed E-state index contributed by atoms with van der Waals surface area (Å²) in [6, 6.07) is 7.70. The van der Waals surface area contributed by atoms with E-state index < -0.39 is 0 Å². The Labute approximate surface area is 97.2 Å². The van der Waals surface area contributed by atoms with E-state index in [-0.39, 0.29) is 5.91 Å². The molecule has 1 rings (SSSR count). The van der Waals surface area contributed by atoms with Crippen LogP contribution in [0.25, 0.3) is 0 Å². The highest BCUT2D eigenvalue weighted by atomic mass is 127. The summed E-state index contributed by atoms with van der Waals surface area (Å²) < 4.78 is 1.16. The van der Waals surface area contributed by atoms with Gasteiger partial charge in [0.05, 0.1) is 0 Å². The van der Waals surface area contributed by atoms with E-state index in [1.807, 2.05) is 24.3 Å². The molecule has 1 aromatic rings. The van der Waals surface area contributed by atoms with Gasteiger partial charge in [-0.05, 0) is 59.8 Å². The highest BCUT2D eigenvalue weighted by Gasteiger charge is 2.00. The van der Waals surface area contributed by atoms with Gasteiger partial charge in [0.15, 0.2) is 0 Å². The zero-order chi connectivity index (χ0) is 10.4. The first kappa shape index (κ1) is 11.5. The molecule has 14 heavy (non-hydrogen) atoms. The summed E-state index contributed by atoms with van der Waals surface area (Å²) in [4.78, 5) is 11.3. The van der Waals surface area contributed by atoms with Gasteiger partial charge in [-0.25, -0.2) is 0 Å². The molecule has 1 amide bonds. The molecule has 76 valence electrons. The molecule has 4 heteroatoms. The minimum absolute atomic E-state index is 0.0247. The Hall–Kier alpha value is -0.620. The van der Waals surface area contributed by atoms with Crippen LogP contribution in [-0.2, 0) is 4.79 Å². The van der Waals surface area contributed by atoms with Crippen LogP contribution in [0.3, 0.4) is 0 Å². The lowest BCUT2D eigenvalue weighted by atomic mass is 10.2. The first-order chi connectivity index (χ1) is 6.72. The number of nitrogens with two attached hydrogens (primary N) is 1. The van der Waals surface area contributed by atoms with Crippen LogP contribution < -0.4 is 11.1 Å². The van der Waals surface area contributed by atoms with Crippen LogP contribution in [0.5, 0.6) is 0 Å². The van der Waals surface area contributed by atoms with Crippen molar-refractivity contribution >= 4 is 34.2 Å². The van der Waals surface area contributed by atoms with E-state index in [9.17, 15) is 4.79 Å². The van der Waals surface area contributed by atoms with Gasteiger partial charge in [-0.1, -0.05) is 0 Å². The van der Waals surface area contributed by atoms with Crippen molar-refractivity contribution in [2.75, 3.05) is 11.9 Å². The number of benzene rings is 1. The van der Waals surface area contributed by atoms with Gasteiger partial charge < -0.3 is 11.1 Å². The van der Waals surface area contributed by atoms with Crippen LogP contribution >= 0.6 is 22.6 Å². The van der Waals surface area contributed by atoms with Gasteiger partial charge in [0.1, 0.15) is 0 Å². The lowest BCUT2D eigenvalue weighted by Crippen LogP contribution is -2.13. The van der Waals surface area contributed by atoms with Gasteiger partial charge in [-0.2, -0.15) is 0 Å². The topological polar surface area (TPSA) is 55.1 Å². The number of nitrogens with one attached hydrogen (secondary N) is 1. The van der Waals surface area contributed by atoms with Gasteiger partial charge in [-0.15, -0.1) is 0 Å². The number of carbonyl (C=O) groups is 1. The van der Waals surface area contributed by atoms with Crippen LogP contribution in [0.1, 0.15) is 12.8 Å². The lowest BCUT2D eigenvalue weighted by molar-refractivity contribution is -0.116. The fourth-order valence-electron chi connectivity index (χ4n) is 1.02. The SMILES string of the molecule is NCCCC(=O)Nc1ccc(I)cc1. The van der Waals surface area contributed by atoms with Gasteiger partial charge in [0, 0.05) is 15.7 Å². The largest absolute Gasteiger partial charge is 0.330 e. The third-order valence-corrected chi connectivity index (χ3v) is 2.46. The Bertz CT molecular complexity index is 297. The molecule has 1 aromatic carbocycles. The number of anilines is 1. The van der Waals surface area contributed by atoms with Gasteiger partial charge >= 0.3 is 0 Å². The Kier molecular flexibility index (Phi) is 4.89. The standard InChI is InChI=1S/C10H13IN2O/c11-8-3-5-9(6-4-8)13-10(14)2-1-7-12/h3-6H,1-2,7,12H2,(H,13,14). The molecule has 3 N–H and O–H groups in total. The molecule has 3 nitrogen and oxygen atoms in total. The highest BCUT2D eigenvalue weighted by Crippen LogP contribution is 2.11. The van der Waals surface area contributed by atoms with E-state index in [1.165, 1.54) is 0 Å². The normalized spacial score (nSPS) is 9.86. The second-order valence-electron chi connectivity index (χ2n) is 2.95. The Morgan fingerprint density at radius 2 is 2.00 bits per heavy atom. The predicted molar refractivity (Wildman–Crippen MR) is 66.1 cm³/mol. The first-order valence-electron chi connectivity index (χ1n) is 4.48. The molecular weight excluding hydrogens is 291 g/mol. The smallest absolute Gasteiger partial charge is 0.224 e. The minimum Gasteiger partial charge on any atom is -0.330 e. The van der Waals surface area contributed by atoms with Crippen molar-refractivity contribution in [2.45, 2.75) is 12.8 Å². The summed E-state index contributed by atoms with van der Waals surface area (Å²) in [5, 5.41) is 2.81. The van der Waals surface area contributed by atoms with Gasteiger partial charge in [0.2, 0.25) is 5.91 Å². The van der Waals surface area contributed by atoms with E-state index >= 15 is 0 Å². The molecule has 0 aliphatic rings. The van der Waals surface area contributed by atoms with Gasteiger partial charge in [-0.3, -0.25) is 4.79 Å². The Balaban J connectivity index is 2.44. The molecule has 0 aliphatic carbocycles. The second kappa shape index (κ2) is 5.98. The average Bonchev–Trinajstić information content (AvgIpc) is 2.18. The van der Waals surface area contributed by atoms with Crippen LogP contribution in [0, 0.1) is 3.57 Å². The average molecular weight is 304 g/mol. The number of hydrogen-bond donors (Lipinski definition) is 2. The summed E-state index contributed by atoms with van der Waals surface area (Å²) >= 11 is 2.22. The third-order valence-electron chi connectivity index (χ3n) is 1.74. The maximum absolute atomic E-state index is 11.3. The van der Waals surface area contributed by atoms with Gasteiger partial charge in [0.25, 0.3) is 0 Å². The lowest BCUT2D eigenvalue weighted by Gasteiger charge is -2.04. The van der Waals surface area contributed by atoms with E-state index in [0.717, 1.165) is 15.7 Å². The Morgan fingerprint density at radius 3 is 2.57 bits per heavy atom. The fourth-order valence-corrected chi connectivity index (χ4v) is 1.38. The third kappa shape index (κ3) is 4.06. The van der Waals surface area contributed by atoms with Crippen molar-refractivity contribution in [1.29, 1.82) is 0 Å². The molecule has 0 saturated carbocycles. The predicted octanol–water partition coefficient (Wildman–Crippen LogP) is 1.97.